The smallest absolute Gasteiger partial charge is 0.196 e. The van der Waals surface area contributed by atoms with E-state index in [4.69, 9.17) is 0 Å². The van der Waals surface area contributed by atoms with Gasteiger partial charge in [-0.15, -0.1) is 11.3 Å². The number of nitrogens with zero attached hydrogens (tertiary/aromatic N) is 3. The summed E-state index contributed by atoms with van der Waals surface area (Å²) in [4.78, 5) is 18.9. The fraction of sp³-hybridized carbons (Fsp3) is 0.500. The van der Waals surface area contributed by atoms with Crippen molar-refractivity contribution in [3.05, 3.63) is 17.3 Å². The Morgan fingerprint density at radius 1 is 1.65 bits per heavy atom. The van der Waals surface area contributed by atoms with Crippen LogP contribution in [-0.4, -0.2) is 28.8 Å². The minimum absolute atomic E-state index is 0.684. The number of imidazole rings is 1. The standard InChI is InChI=1S/C12H15N3OS/c1-2-14(7-9-3-4-9)11-10(8-16)15-5-6-17-12(15)13-11/h5-6,8-9H,2-4,7H2,1H3. The van der Waals surface area contributed by atoms with Crippen molar-refractivity contribution in [2.24, 2.45) is 5.92 Å². The summed E-state index contributed by atoms with van der Waals surface area (Å²) in [7, 11) is 0. The average Bonchev–Trinajstić information content (AvgIpc) is 2.92. The van der Waals surface area contributed by atoms with E-state index in [0.29, 0.717) is 5.69 Å². The number of rotatable bonds is 5. The molecule has 0 aromatic carbocycles. The predicted octanol–water partition coefficient (Wildman–Crippen LogP) is 2.44. The minimum atomic E-state index is 0.684. The number of carbonyl (C=O) groups is 1. The van der Waals surface area contributed by atoms with Crippen LogP contribution in [-0.2, 0) is 0 Å². The summed E-state index contributed by atoms with van der Waals surface area (Å²) in [6.07, 6.45) is 5.45. The number of hydrogen-bond acceptors (Lipinski definition) is 4. The lowest BCUT2D eigenvalue weighted by Crippen LogP contribution is -2.26. The SMILES string of the molecule is CCN(CC1CC1)c1nc2sccn2c1C=O. The third-order valence-corrected chi connectivity index (χ3v) is 4.00. The molecule has 2 aromatic rings. The van der Waals surface area contributed by atoms with Crippen LogP contribution in [0.1, 0.15) is 30.3 Å². The summed E-state index contributed by atoms with van der Waals surface area (Å²) in [6, 6.07) is 0. The molecule has 0 saturated heterocycles. The number of carbonyl (C=O) groups excluding carboxylic acids is 1. The highest BCUT2D eigenvalue weighted by Gasteiger charge is 2.26. The molecule has 2 aromatic heterocycles. The summed E-state index contributed by atoms with van der Waals surface area (Å²) < 4.78 is 1.88. The number of anilines is 1. The van der Waals surface area contributed by atoms with Crippen LogP contribution in [0.25, 0.3) is 4.96 Å². The molecule has 1 saturated carbocycles. The summed E-state index contributed by atoms with van der Waals surface area (Å²) in [6.45, 7) is 4.05. The summed E-state index contributed by atoms with van der Waals surface area (Å²) >= 11 is 1.57. The van der Waals surface area contributed by atoms with Crippen LogP contribution < -0.4 is 4.90 Å². The Hall–Kier alpha value is -1.36. The van der Waals surface area contributed by atoms with Crippen LogP contribution in [0.15, 0.2) is 11.6 Å². The van der Waals surface area contributed by atoms with E-state index in [9.17, 15) is 4.79 Å². The molecule has 4 nitrogen and oxygen atoms in total. The van der Waals surface area contributed by atoms with Gasteiger partial charge in [0.05, 0.1) is 0 Å². The molecule has 1 aliphatic rings. The van der Waals surface area contributed by atoms with E-state index in [1.165, 1.54) is 12.8 Å². The predicted molar refractivity (Wildman–Crippen MR) is 69.1 cm³/mol. The highest BCUT2D eigenvalue weighted by atomic mass is 32.1. The highest BCUT2D eigenvalue weighted by molar-refractivity contribution is 7.15. The van der Waals surface area contributed by atoms with Crippen LogP contribution in [0.3, 0.4) is 0 Å². The molecule has 0 atom stereocenters. The molecule has 5 heteroatoms. The van der Waals surface area contributed by atoms with Crippen LogP contribution in [0.5, 0.6) is 0 Å². The molecule has 0 spiro atoms. The Kier molecular flexibility index (Phi) is 2.63. The van der Waals surface area contributed by atoms with Gasteiger partial charge < -0.3 is 4.90 Å². The molecular formula is C12H15N3OS. The maximum Gasteiger partial charge on any atom is 0.196 e. The summed E-state index contributed by atoms with van der Waals surface area (Å²) in [5.74, 6) is 1.65. The third kappa shape index (κ3) is 1.84. The number of aldehydes is 1. The first-order valence-corrected chi connectivity index (χ1v) is 6.87. The van der Waals surface area contributed by atoms with E-state index in [-0.39, 0.29) is 0 Å². The molecule has 17 heavy (non-hydrogen) atoms. The van der Waals surface area contributed by atoms with Crippen molar-refractivity contribution >= 4 is 28.4 Å². The van der Waals surface area contributed by atoms with Gasteiger partial charge in [-0.3, -0.25) is 9.20 Å². The zero-order valence-corrected chi connectivity index (χ0v) is 10.6. The van der Waals surface area contributed by atoms with Crippen LogP contribution in [0, 0.1) is 5.92 Å². The van der Waals surface area contributed by atoms with Gasteiger partial charge in [0.1, 0.15) is 5.69 Å². The molecule has 1 fully saturated rings. The fourth-order valence-electron chi connectivity index (χ4n) is 2.11. The normalized spacial score (nSPS) is 15.4. The molecule has 0 N–H and O–H groups in total. The number of aromatic nitrogens is 2. The second-order valence-electron chi connectivity index (χ2n) is 4.48. The Bertz CT molecular complexity index is 541. The maximum absolute atomic E-state index is 11.2. The Balaban J connectivity index is 2.00. The lowest BCUT2D eigenvalue weighted by atomic mass is 10.3. The summed E-state index contributed by atoms with van der Waals surface area (Å²) in [5, 5.41) is 1.95. The molecule has 0 aliphatic heterocycles. The van der Waals surface area contributed by atoms with Gasteiger partial charge in [-0.05, 0) is 25.7 Å². The molecule has 2 heterocycles. The molecule has 1 aliphatic carbocycles. The highest BCUT2D eigenvalue weighted by Crippen LogP contribution is 2.32. The topological polar surface area (TPSA) is 37.6 Å². The lowest BCUT2D eigenvalue weighted by molar-refractivity contribution is 0.111. The fourth-order valence-corrected chi connectivity index (χ4v) is 2.83. The first-order valence-electron chi connectivity index (χ1n) is 5.99. The first kappa shape index (κ1) is 10.8. The molecule has 0 amide bonds. The molecule has 90 valence electrons. The van der Waals surface area contributed by atoms with Crippen molar-refractivity contribution in [3.8, 4) is 0 Å². The molecular weight excluding hydrogens is 234 g/mol. The molecule has 0 bridgehead atoms. The molecule has 0 radical (unpaired) electrons. The van der Waals surface area contributed by atoms with Crippen molar-refractivity contribution in [1.82, 2.24) is 9.38 Å². The van der Waals surface area contributed by atoms with Gasteiger partial charge in [0.2, 0.25) is 0 Å². The van der Waals surface area contributed by atoms with Crippen LogP contribution in [0.2, 0.25) is 0 Å². The van der Waals surface area contributed by atoms with Crippen LogP contribution >= 0.6 is 11.3 Å². The number of fused-ring (bicyclic) bond motifs is 1. The molecule has 0 unspecified atom stereocenters. The monoisotopic (exact) mass is 249 g/mol. The Labute approximate surface area is 104 Å². The Morgan fingerprint density at radius 3 is 3.12 bits per heavy atom. The number of thiazole rings is 1. The van der Waals surface area contributed by atoms with Gasteiger partial charge in [0, 0.05) is 24.7 Å². The largest absolute Gasteiger partial charge is 0.355 e. The van der Waals surface area contributed by atoms with Crippen molar-refractivity contribution in [2.75, 3.05) is 18.0 Å². The zero-order valence-electron chi connectivity index (χ0n) is 9.80. The van der Waals surface area contributed by atoms with Crippen molar-refractivity contribution < 1.29 is 4.79 Å². The van der Waals surface area contributed by atoms with E-state index in [2.05, 4.69) is 16.8 Å². The van der Waals surface area contributed by atoms with E-state index in [0.717, 1.165) is 36.1 Å². The van der Waals surface area contributed by atoms with Gasteiger partial charge in [-0.1, -0.05) is 0 Å². The number of hydrogen-bond donors (Lipinski definition) is 0. The summed E-state index contributed by atoms with van der Waals surface area (Å²) in [5.41, 5.74) is 0.684. The van der Waals surface area contributed by atoms with Crippen molar-refractivity contribution in [3.63, 3.8) is 0 Å². The van der Waals surface area contributed by atoms with Crippen LogP contribution in [0.4, 0.5) is 5.82 Å². The van der Waals surface area contributed by atoms with Gasteiger partial charge in [0.25, 0.3) is 0 Å². The zero-order chi connectivity index (χ0) is 11.8. The third-order valence-electron chi connectivity index (χ3n) is 3.25. The second-order valence-corrected chi connectivity index (χ2v) is 5.35. The van der Waals surface area contributed by atoms with E-state index in [1.54, 1.807) is 11.3 Å². The lowest BCUT2D eigenvalue weighted by Gasteiger charge is -2.20. The first-order chi connectivity index (χ1) is 8.33. The van der Waals surface area contributed by atoms with Crippen molar-refractivity contribution in [1.29, 1.82) is 0 Å². The minimum Gasteiger partial charge on any atom is -0.355 e. The average molecular weight is 249 g/mol. The second kappa shape index (κ2) is 4.14. The van der Waals surface area contributed by atoms with Gasteiger partial charge >= 0.3 is 0 Å². The maximum atomic E-state index is 11.2. The van der Waals surface area contributed by atoms with Gasteiger partial charge in [-0.2, -0.15) is 0 Å². The van der Waals surface area contributed by atoms with Crippen molar-refractivity contribution in [2.45, 2.75) is 19.8 Å². The van der Waals surface area contributed by atoms with E-state index in [1.807, 2.05) is 16.0 Å². The van der Waals surface area contributed by atoms with E-state index < -0.39 is 0 Å². The Morgan fingerprint density at radius 2 is 2.47 bits per heavy atom. The van der Waals surface area contributed by atoms with Gasteiger partial charge in [-0.25, -0.2) is 4.98 Å². The van der Waals surface area contributed by atoms with E-state index >= 15 is 0 Å². The quantitative estimate of drug-likeness (QED) is 0.764. The molecule has 3 rings (SSSR count). The van der Waals surface area contributed by atoms with Gasteiger partial charge in [0.15, 0.2) is 17.1 Å².